The minimum Gasteiger partial charge on any atom is -0.387 e. The molecule has 5 aliphatic rings. The van der Waals surface area contributed by atoms with Gasteiger partial charge in [0.05, 0.1) is 34.8 Å². The van der Waals surface area contributed by atoms with Crippen LogP contribution >= 0.6 is 0 Å². The van der Waals surface area contributed by atoms with Gasteiger partial charge in [-0.15, -0.1) is 0 Å². The summed E-state index contributed by atoms with van der Waals surface area (Å²) in [4.78, 5) is 47.3. The third-order valence-corrected chi connectivity index (χ3v) is 12.6. The third-order valence-electron chi connectivity index (χ3n) is 12.6. The molecule has 9 rings (SSSR count). The number of pyridine rings is 2. The van der Waals surface area contributed by atoms with Gasteiger partial charge in [-0.05, 0) is 101 Å². The largest absolute Gasteiger partial charge is 0.387 e. The van der Waals surface area contributed by atoms with Crippen LogP contribution in [0.1, 0.15) is 76.8 Å². The fourth-order valence-corrected chi connectivity index (χ4v) is 9.34. The molecule has 2 amide bonds. The van der Waals surface area contributed by atoms with Gasteiger partial charge >= 0.3 is 0 Å². The number of carbonyl (C=O) groups is 2. The van der Waals surface area contributed by atoms with E-state index in [0.717, 1.165) is 47.2 Å². The Kier molecular flexibility index (Phi) is 7.70. The predicted octanol–water partition coefficient (Wildman–Crippen LogP) is 5.56. The summed E-state index contributed by atoms with van der Waals surface area (Å²) in [6.07, 6.45) is 12.8. The molecule has 0 atom stereocenters. The lowest BCUT2D eigenvalue weighted by Crippen LogP contribution is -2.59. The smallest absolute Gasteiger partial charge is 0.248 e. The minimum absolute atomic E-state index is 0.103. The van der Waals surface area contributed by atoms with Gasteiger partial charge in [-0.1, -0.05) is 12.1 Å². The summed E-state index contributed by atoms with van der Waals surface area (Å²) in [5.74, 6) is -0.160. The molecule has 2 N–H and O–H groups in total. The molecular formula is C39H45FN8O3. The molecule has 4 fully saturated rings. The number of piperidine rings is 2. The summed E-state index contributed by atoms with van der Waals surface area (Å²) in [7, 11) is 0. The minimum atomic E-state index is -0.715. The van der Waals surface area contributed by atoms with Crippen LogP contribution in [0.15, 0.2) is 49.1 Å². The van der Waals surface area contributed by atoms with Crippen LogP contribution in [0.5, 0.6) is 0 Å². The number of halogens is 1. The second-order valence-electron chi connectivity index (χ2n) is 15.8. The number of hydrogen-bond donors (Lipinski definition) is 2. The topological polar surface area (TPSA) is 120 Å². The molecule has 12 heteroatoms. The number of aromatic nitrogens is 4. The molecule has 2 spiro atoms. The number of fused-ring (bicyclic) bond motifs is 3. The number of benzene rings is 1. The molecule has 266 valence electrons. The first-order valence-corrected chi connectivity index (χ1v) is 18.5. The van der Waals surface area contributed by atoms with Crippen molar-refractivity contribution in [3.8, 4) is 11.3 Å². The number of rotatable bonds is 7. The number of aliphatic hydroxyl groups excluding tert-OH is 1. The SMILES string of the molecule is CC(C)n1cnc2cc(-c3ccc4c(c3)N([C@H]3C[C@@H](N5CCCC6(CC6)C5)C3)C(=O)C43CCN(C(=O)CO)CC3)nc(Nc3ccncc3F)c21. The van der Waals surface area contributed by atoms with Crippen molar-refractivity contribution in [3.05, 3.63) is 60.4 Å². The highest BCUT2D eigenvalue weighted by molar-refractivity contribution is 6.09. The maximum Gasteiger partial charge on any atom is 0.248 e. The van der Waals surface area contributed by atoms with Crippen molar-refractivity contribution in [3.63, 3.8) is 0 Å². The van der Waals surface area contributed by atoms with E-state index in [-0.39, 0.29) is 29.6 Å². The Balaban J connectivity index is 1.09. The Labute approximate surface area is 296 Å². The number of likely N-dealkylation sites (tertiary alicyclic amines) is 2. The fourth-order valence-electron chi connectivity index (χ4n) is 9.34. The molecular weight excluding hydrogens is 647 g/mol. The average molecular weight is 693 g/mol. The van der Waals surface area contributed by atoms with E-state index in [0.29, 0.717) is 48.9 Å². The highest BCUT2D eigenvalue weighted by Crippen LogP contribution is 2.55. The van der Waals surface area contributed by atoms with Crippen molar-refractivity contribution in [2.24, 2.45) is 5.41 Å². The van der Waals surface area contributed by atoms with Gasteiger partial charge in [0.25, 0.3) is 0 Å². The molecule has 51 heavy (non-hydrogen) atoms. The maximum absolute atomic E-state index is 14.8. The quantitative estimate of drug-likeness (QED) is 0.259. The summed E-state index contributed by atoms with van der Waals surface area (Å²) >= 11 is 0. The van der Waals surface area contributed by atoms with Gasteiger partial charge in [-0.2, -0.15) is 0 Å². The molecule has 0 unspecified atom stereocenters. The Hall–Kier alpha value is -4.42. The Bertz CT molecular complexity index is 2030. The highest BCUT2D eigenvalue weighted by Gasteiger charge is 2.56. The van der Waals surface area contributed by atoms with Crippen molar-refractivity contribution >= 4 is 40.0 Å². The van der Waals surface area contributed by atoms with Gasteiger partial charge in [0.1, 0.15) is 12.1 Å². The second kappa shape index (κ2) is 12.1. The molecule has 2 saturated carbocycles. The maximum atomic E-state index is 14.8. The normalized spacial score (nSPS) is 23.7. The van der Waals surface area contributed by atoms with E-state index in [1.54, 1.807) is 23.5 Å². The summed E-state index contributed by atoms with van der Waals surface area (Å²) in [6, 6.07) is 10.5. The number of anilines is 3. The number of hydrogen-bond acceptors (Lipinski definition) is 8. The molecule has 2 aliphatic carbocycles. The number of amides is 2. The molecule has 6 heterocycles. The van der Waals surface area contributed by atoms with Gasteiger partial charge in [-0.25, -0.2) is 14.4 Å². The van der Waals surface area contributed by atoms with Gasteiger partial charge in [-0.3, -0.25) is 19.5 Å². The molecule has 4 aromatic rings. The third kappa shape index (κ3) is 5.32. The average Bonchev–Trinajstić information content (AvgIpc) is 3.63. The number of aliphatic hydroxyl groups is 1. The predicted molar refractivity (Wildman–Crippen MR) is 192 cm³/mol. The first-order valence-electron chi connectivity index (χ1n) is 18.5. The van der Waals surface area contributed by atoms with Gasteiger partial charge in [0, 0.05) is 55.2 Å². The van der Waals surface area contributed by atoms with Crippen LogP contribution in [0.2, 0.25) is 0 Å². The number of carbonyl (C=O) groups excluding carboxylic acids is 2. The monoisotopic (exact) mass is 692 g/mol. The molecule has 11 nitrogen and oxygen atoms in total. The first kappa shape index (κ1) is 32.5. The van der Waals surface area contributed by atoms with Crippen LogP contribution in [-0.2, 0) is 15.0 Å². The molecule has 3 aliphatic heterocycles. The van der Waals surface area contributed by atoms with Crippen molar-refractivity contribution < 1.29 is 19.1 Å². The lowest BCUT2D eigenvalue weighted by Gasteiger charge is -2.49. The fraction of sp³-hybridized carbons (Fsp3) is 0.513. The summed E-state index contributed by atoms with van der Waals surface area (Å²) in [5.41, 5.74) is 5.05. The van der Waals surface area contributed by atoms with Gasteiger partial charge in [0.2, 0.25) is 11.8 Å². The zero-order chi connectivity index (χ0) is 35.1. The Morgan fingerprint density at radius 1 is 1.06 bits per heavy atom. The zero-order valence-electron chi connectivity index (χ0n) is 29.3. The lowest BCUT2D eigenvalue weighted by molar-refractivity contribution is -0.138. The lowest BCUT2D eigenvalue weighted by atomic mass is 9.73. The summed E-state index contributed by atoms with van der Waals surface area (Å²) in [5, 5.41) is 12.7. The van der Waals surface area contributed by atoms with Crippen molar-refractivity contribution in [2.75, 3.05) is 43.0 Å². The van der Waals surface area contributed by atoms with Crippen LogP contribution in [0, 0.1) is 11.2 Å². The van der Waals surface area contributed by atoms with Crippen LogP contribution in [0.25, 0.3) is 22.3 Å². The Morgan fingerprint density at radius 3 is 2.59 bits per heavy atom. The zero-order valence-corrected chi connectivity index (χ0v) is 29.3. The van der Waals surface area contributed by atoms with Crippen LogP contribution < -0.4 is 10.2 Å². The van der Waals surface area contributed by atoms with Crippen LogP contribution in [0.3, 0.4) is 0 Å². The van der Waals surface area contributed by atoms with E-state index in [1.807, 2.05) is 16.7 Å². The molecule has 3 aromatic heterocycles. The van der Waals surface area contributed by atoms with E-state index < -0.39 is 17.8 Å². The van der Waals surface area contributed by atoms with Crippen molar-refractivity contribution in [1.82, 2.24) is 29.3 Å². The molecule has 1 aromatic carbocycles. The summed E-state index contributed by atoms with van der Waals surface area (Å²) in [6.45, 7) is 6.81. The van der Waals surface area contributed by atoms with E-state index in [9.17, 15) is 19.1 Å². The van der Waals surface area contributed by atoms with Crippen molar-refractivity contribution in [2.45, 2.75) is 88.8 Å². The number of nitrogens with zero attached hydrogens (tertiary/aromatic N) is 7. The molecule has 2 saturated heterocycles. The second-order valence-corrected chi connectivity index (χ2v) is 15.8. The number of nitrogens with one attached hydrogen (secondary N) is 1. The van der Waals surface area contributed by atoms with E-state index in [1.165, 1.54) is 38.4 Å². The highest BCUT2D eigenvalue weighted by atomic mass is 19.1. The first-order chi connectivity index (χ1) is 24.7. The van der Waals surface area contributed by atoms with E-state index >= 15 is 0 Å². The van der Waals surface area contributed by atoms with E-state index in [2.05, 4.69) is 46.1 Å². The molecule has 0 radical (unpaired) electrons. The Morgan fingerprint density at radius 2 is 1.86 bits per heavy atom. The van der Waals surface area contributed by atoms with Gasteiger partial charge in [0.15, 0.2) is 11.6 Å². The number of imidazole rings is 1. The van der Waals surface area contributed by atoms with Crippen LogP contribution in [0.4, 0.5) is 21.6 Å². The van der Waals surface area contributed by atoms with Crippen LogP contribution in [-0.4, -0.2) is 91.1 Å². The summed E-state index contributed by atoms with van der Waals surface area (Å²) < 4.78 is 16.9. The molecule has 0 bridgehead atoms. The standard InChI is InChI=1S/C39H45FN8O3/c1-24(2)47-23-42-32-19-31(44-36(35(32)47)43-30-6-12-41-20-29(30)40)25-4-5-28-33(16-25)48(37(51)39(28)10-14-45(15-11-39)34(50)21-49)27-17-26(18-27)46-13-3-7-38(22-46)8-9-38/h4-6,12,16,19-20,23-24,26-27,49H,3,7-11,13-15,17-18,21-22H2,1-2H3,(H,41,43,44)/t26-,27+. The van der Waals surface area contributed by atoms with Crippen molar-refractivity contribution in [1.29, 1.82) is 0 Å². The van der Waals surface area contributed by atoms with Gasteiger partial charge < -0.3 is 24.8 Å². The van der Waals surface area contributed by atoms with E-state index in [4.69, 9.17) is 9.97 Å².